The summed E-state index contributed by atoms with van der Waals surface area (Å²) < 4.78 is 19.3. The summed E-state index contributed by atoms with van der Waals surface area (Å²) in [4.78, 5) is 12.0. The van der Waals surface area contributed by atoms with E-state index in [1.807, 2.05) is 13.8 Å². The molecule has 1 amide bonds. The van der Waals surface area contributed by atoms with Crippen molar-refractivity contribution in [3.63, 3.8) is 0 Å². The van der Waals surface area contributed by atoms with Gasteiger partial charge in [-0.2, -0.15) is 0 Å². The molecule has 2 rings (SSSR count). The van der Waals surface area contributed by atoms with Gasteiger partial charge in [-0.05, 0) is 72.2 Å². The van der Waals surface area contributed by atoms with E-state index in [9.17, 15) is 9.18 Å². The zero-order chi connectivity index (χ0) is 15.4. The third-order valence-electron chi connectivity index (χ3n) is 2.67. The Balaban J connectivity index is 2.06. The van der Waals surface area contributed by atoms with Crippen LogP contribution in [0.4, 0.5) is 10.1 Å². The van der Waals surface area contributed by atoms with Crippen molar-refractivity contribution in [1.29, 1.82) is 0 Å². The van der Waals surface area contributed by atoms with Gasteiger partial charge in [0.25, 0.3) is 5.91 Å². The van der Waals surface area contributed by atoms with Crippen molar-refractivity contribution in [1.82, 2.24) is 0 Å². The highest BCUT2D eigenvalue weighted by atomic mass is 79.9. The van der Waals surface area contributed by atoms with Crippen LogP contribution in [0.5, 0.6) is 5.75 Å². The highest BCUT2D eigenvalue weighted by Crippen LogP contribution is 2.19. The van der Waals surface area contributed by atoms with Crippen molar-refractivity contribution in [2.24, 2.45) is 0 Å². The molecule has 0 radical (unpaired) electrons. The molecule has 0 saturated carbocycles. The minimum Gasteiger partial charge on any atom is -0.491 e. The van der Waals surface area contributed by atoms with Crippen LogP contribution in [0.15, 0.2) is 46.9 Å². The molecule has 0 aromatic heterocycles. The number of anilines is 1. The largest absolute Gasteiger partial charge is 0.491 e. The molecular weight excluding hydrogens is 337 g/mol. The van der Waals surface area contributed by atoms with Crippen LogP contribution in [0.25, 0.3) is 0 Å². The molecule has 0 unspecified atom stereocenters. The average Bonchev–Trinajstić information content (AvgIpc) is 2.43. The lowest BCUT2D eigenvalue weighted by Crippen LogP contribution is -2.12. The van der Waals surface area contributed by atoms with Crippen LogP contribution in [-0.4, -0.2) is 12.0 Å². The van der Waals surface area contributed by atoms with Gasteiger partial charge in [-0.3, -0.25) is 4.79 Å². The smallest absolute Gasteiger partial charge is 0.255 e. The fraction of sp³-hybridized carbons (Fsp3) is 0.188. The Morgan fingerprint density at radius 3 is 2.43 bits per heavy atom. The number of benzene rings is 2. The molecule has 0 atom stereocenters. The number of carbonyl (C=O) groups is 1. The monoisotopic (exact) mass is 351 g/mol. The quantitative estimate of drug-likeness (QED) is 0.872. The van der Waals surface area contributed by atoms with Crippen molar-refractivity contribution in [2.75, 3.05) is 5.32 Å². The van der Waals surface area contributed by atoms with Crippen LogP contribution < -0.4 is 10.1 Å². The Bertz CT molecular complexity index is 641. The van der Waals surface area contributed by atoms with Crippen molar-refractivity contribution in [2.45, 2.75) is 20.0 Å². The molecule has 0 heterocycles. The molecule has 2 aromatic rings. The second kappa shape index (κ2) is 6.72. The van der Waals surface area contributed by atoms with Gasteiger partial charge in [0.2, 0.25) is 0 Å². The van der Waals surface area contributed by atoms with Gasteiger partial charge in [-0.15, -0.1) is 0 Å². The standard InChI is InChI=1S/C16H15BrFNO2/c1-10(2)21-13-6-4-12(5-7-13)19-16(20)11-3-8-14(17)15(18)9-11/h3-10H,1-2H3,(H,19,20). The summed E-state index contributed by atoms with van der Waals surface area (Å²) in [7, 11) is 0. The number of carbonyl (C=O) groups excluding carboxylic acids is 1. The van der Waals surface area contributed by atoms with Crippen molar-refractivity contribution >= 4 is 27.5 Å². The second-order valence-corrected chi connectivity index (χ2v) is 5.63. The number of amides is 1. The fourth-order valence-corrected chi connectivity index (χ4v) is 1.98. The molecular formula is C16H15BrFNO2. The van der Waals surface area contributed by atoms with Gasteiger partial charge < -0.3 is 10.1 Å². The molecule has 0 fully saturated rings. The van der Waals surface area contributed by atoms with E-state index in [2.05, 4.69) is 21.2 Å². The molecule has 0 aliphatic rings. The summed E-state index contributed by atoms with van der Waals surface area (Å²) in [5.41, 5.74) is 0.887. The molecule has 0 aliphatic carbocycles. The maximum Gasteiger partial charge on any atom is 0.255 e. The van der Waals surface area contributed by atoms with Crippen molar-refractivity contribution < 1.29 is 13.9 Å². The Morgan fingerprint density at radius 1 is 1.19 bits per heavy atom. The average molecular weight is 352 g/mol. The van der Waals surface area contributed by atoms with E-state index in [1.54, 1.807) is 30.3 Å². The lowest BCUT2D eigenvalue weighted by atomic mass is 10.2. The van der Waals surface area contributed by atoms with Crippen LogP contribution in [0, 0.1) is 5.82 Å². The van der Waals surface area contributed by atoms with Gasteiger partial charge >= 0.3 is 0 Å². The fourth-order valence-electron chi connectivity index (χ4n) is 1.73. The number of nitrogens with one attached hydrogen (secondary N) is 1. The summed E-state index contributed by atoms with van der Waals surface area (Å²) in [6, 6.07) is 11.3. The summed E-state index contributed by atoms with van der Waals surface area (Å²) >= 11 is 3.05. The summed E-state index contributed by atoms with van der Waals surface area (Å²) in [6.07, 6.45) is 0.0937. The highest BCUT2D eigenvalue weighted by molar-refractivity contribution is 9.10. The van der Waals surface area contributed by atoms with Crippen LogP contribution in [0.2, 0.25) is 0 Å². The van der Waals surface area contributed by atoms with Gasteiger partial charge in [0.05, 0.1) is 10.6 Å². The molecule has 2 aromatic carbocycles. The first-order valence-electron chi connectivity index (χ1n) is 6.49. The van der Waals surface area contributed by atoms with Gasteiger partial charge in [0, 0.05) is 11.3 Å². The zero-order valence-electron chi connectivity index (χ0n) is 11.7. The predicted molar refractivity (Wildman–Crippen MR) is 84.3 cm³/mol. The Hall–Kier alpha value is -1.88. The normalized spacial score (nSPS) is 10.5. The third-order valence-corrected chi connectivity index (χ3v) is 3.31. The second-order valence-electron chi connectivity index (χ2n) is 4.77. The van der Waals surface area contributed by atoms with Gasteiger partial charge in [0.15, 0.2) is 0 Å². The van der Waals surface area contributed by atoms with E-state index in [0.29, 0.717) is 10.2 Å². The minimum absolute atomic E-state index is 0.0937. The van der Waals surface area contributed by atoms with E-state index in [1.165, 1.54) is 12.1 Å². The number of hydrogen-bond acceptors (Lipinski definition) is 2. The van der Waals surface area contributed by atoms with Crippen LogP contribution in [-0.2, 0) is 0 Å². The Morgan fingerprint density at radius 2 is 1.86 bits per heavy atom. The van der Waals surface area contributed by atoms with E-state index < -0.39 is 5.82 Å². The van der Waals surface area contributed by atoms with Crippen molar-refractivity contribution in [3.05, 3.63) is 58.3 Å². The summed E-state index contributed by atoms with van der Waals surface area (Å²) in [6.45, 7) is 3.88. The molecule has 0 saturated heterocycles. The van der Waals surface area contributed by atoms with Crippen LogP contribution >= 0.6 is 15.9 Å². The molecule has 0 bridgehead atoms. The molecule has 110 valence electrons. The lowest BCUT2D eigenvalue weighted by molar-refractivity contribution is 0.102. The van der Waals surface area contributed by atoms with E-state index in [0.717, 1.165) is 5.75 Å². The molecule has 0 aliphatic heterocycles. The summed E-state index contributed by atoms with van der Waals surface area (Å²) in [5, 5.41) is 2.71. The maximum atomic E-state index is 13.4. The van der Waals surface area contributed by atoms with E-state index in [4.69, 9.17) is 4.74 Å². The van der Waals surface area contributed by atoms with E-state index in [-0.39, 0.29) is 17.6 Å². The number of hydrogen-bond donors (Lipinski definition) is 1. The molecule has 0 spiro atoms. The summed E-state index contributed by atoms with van der Waals surface area (Å²) in [5.74, 6) is -0.0973. The molecule has 1 N–H and O–H groups in total. The van der Waals surface area contributed by atoms with Crippen molar-refractivity contribution in [3.8, 4) is 5.75 Å². The first kappa shape index (κ1) is 15.5. The first-order chi connectivity index (χ1) is 9.95. The number of rotatable bonds is 4. The molecule has 21 heavy (non-hydrogen) atoms. The molecule has 3 nitrogen and oxygen atoms in total. The predicted octanol–water partition coefficient (Wildman–Crippen LogP) is 4.63. The highest BCUT2D eigenvalue weighted by Gasteiger charge is 2.09. The van der Waals surface area contributed by atoms with Gasteiger partial charge in [-0.1, -0.05) is 0 Å². The third kappa shape index (κ3) is 4.29. The topological polar surface area (TPSA) is 38.3 Å². The Kier molecular flexibility index (Phi) is 4.96. The molecule has 5 heteroatoms. The van der Waals surface area contributed by atoms with Crippen LogP contribution in [0.1, 0.15) is 24.2 Å². The zero-order valence-corrected chi connectivity index (χ0v) is 13.3. The minimum atomic E-state index is -0.469. The first-order valence-corrected chi connectivity index (χ1v) is 7.28. The SMILES string of the molecule is CC(C)Oc1ccc(NC(=O)c2ccc(Br)c(F)c2)cc1. The Labute approximate surface area is 131 Å². The van der Waals surface area contributed by atoms with E-state index >= 15 is 0 Å². The maximum absolute atomic E-state index is 13.4. The number of ether oxygens (including phenoxy) is 1. The number of halogens is 2. The van der Waals surface area contributed by atoms with Gasteiger partial charge in [0.1, 0.15) is 11.6 Å². The van der Waals surface area contributed by atoms with Gasteiger partial charge in [-0.25, -0.2) is 4.39 Å². The lowest BCUT2D eigenvalue weighted by Gasteiger charge is -2.10. The van der Waals surface area contributed by atoms with Crippen LogP contribution in [0.3, 0.4) is 0 Å².